The number of ether oxygens (including phenoxy) is 1. The van der Waals surface area contributed by atoms with Crippen LogP contribution in [0.2, 0.25) is 0 Å². The SMILES string of the molecule is COc1ccc(NC(=O)c2cc(-c3ccc(C)c(C)c3)n([C@H]3CCS(=O)(=O)C3)n2)cc1. The van der Waals surface area contributed by atoms with E-state index in [0.717, 1.165) is 22.4 Å². The van der Waals surface area contributed by atoms with E-state index in [-0.39, 0.29) is 29.1 Å². The Balaban J connectivity index is 1.69. The third kappa shape index (κ3) is 4.49. The van der Waals surface area contributed by atoms with Crippen LogP contribution in [0.1, 0.15) is 34.1 Å². The lowest BCUT2D eigenvalue weighted by atomic mass is 10.0. The molecule has 0 radical (unpaired) electrons. The molecule has 1 aliphatic rings. The number of sulfone groups is 1. The van der Waals surface area contributed by atoms with Crippen molar-refractivity contribution in [3.05, 3.63) is 65.4 Å². The maximum Gasteiger partial charge on any atom is 0.276 e. The van der Waals surface area contributed by atoms with E-state index < -0.39 is 9.84 Å². The summed E-state index contributed by atoms with van der Waals surface area (Å²) in [6, 6.07) is 14.5. The summed E-state index contributed by atoms with van der Waals surface area (Å²) in [6.45, 7) is 4.06. The van der Waals surface area contributed by atoms with Gasteiger partial charge in [-0.15, -0.1) is 0 Å². The average Bonchev–Trinajstić information content (AvgIpc) is 3.34. The quantitative estimate of drug-likeness (QED) is 0.653. The molecule has 162 valence electrons. The summed E-state index contributed by atoms with van der Waals surface area (Å²) in [5.41, 5.74) is 4.79. The van der Waals surface area contributed by atoms with Gasteiger partial charge in [0.05, 0.1) is 30.4 Å². The topological polar surface area (TPSA) is 90.3 Å². The van der Waals surface area contributed by atoms with Crippen LogP contribution in [-0.4, -0.2) is 42.7 Å². The molecule has 0 unspecified atom stereocenters. The van der Waals surface area contributed by atoms with Gasteiger partial charge < -0.3 is 10.1 Å². The molecule has 1 N–H and O–H groups in total. The molecule has 1 aromatic heterocycles. The minimum absolute atomic E-state index is 0.0338. The van der Waals surface area contributed by atoms with Crippen LogP contribution in [0.15, 0.2) is 48.5 Å². The van der Waals surface area contributed by atoms with Gasteiger partial charge in [0.1, 0.15) is 5.75 Å². The molecule has 1 saturated heterocycles. The Morgan fingerprint density at radius 1 is 1.10 bits per heavy atom. The largest absolute Gasteiger partial charge is 0.497 e. The van der Waals surface area contributed by atoms with E-state index in [0.29, 0.717) is 17.9 Å². The molecule has 31 heavy (non-hydrogen) atoms. The molecule has 0 aliphatic carbocycles. The number of hydrogen-bond acceptors (Lipinski definition) is 5. The normalized spacial score (nSPS) is 17.5. The molecule has 7 nitrogen and oxygen atoms in total. The van der Waals surface area contributed by atoms with E-state index in [1.807, 2.05) is 32.0 Å². The van der Waals surface area contributed by atoms with E-state index in [9.17, 15) is 13.2 Å². The lowest BCUT2D eigenvalue weighted by Gasteiger charge is -2.14. The van der Waals surface area contributed by atoms with Gasteiger partial charge in [0.2, 0.25) is 0 Å². The molecule has 1 aliphatic heterocycles. The zero-order chi connectivity index (χ0) is 22.2. The van der Waals surface area contributed by atoms with E-state index in [4.69, 9.17) is 4.74 Å². The van der Waals surface area contributed by atoms with Crippen molar-refractivity contribution < 1.29 is 17.9 Å². The second-order valence-corrected chi connectivity index (χ2v) is 10.1. The first-order chi connectivity index (χ1) is 14.8. The molecule has 8 heteroatoms. The van der Waals surface area contributed by atoms with Crippen LogP contribution in [0, 0.1) is 13.8 Å². The van der Waals surface area contributed by atoms with Gasteiger partial charge in [0.25, 0.3) is 5.91 Å². The number of nitrogens with zero attached hydrogens (tertiary/aromatic N) is 2. The molecule has 0 saturated carbocycles. The molecule has 2 aromatic carbocycles. The van der Waals surface area contributed by atoms with Crippen molar-refractivity contribution in [2.45, 2.75) is 26.3 Å². The Labute approximate surface area is 182 Å². The third-order valence-corrected chi connectivity index (χ3v) is 7.42. The fourth-order valence-corrected chi connectivity index (χ4v) is 5.43. The summed E-state index contributed by atoms with van der Waals surface area (Å²) in [5.74, 6) is 0.514. The van der Waals surface area contributed by atoms with E-state index in [2.05, 4.69) is 10.4 Å². The number of aryl methyl sites for hydroxylation is 2. The molecule has 2 heterocycles. The fourth-order valence-electron chi connectivity index (χ4n) is 3.74. The molecule has 1 fully saturated rings. The van der Waals surface area contributed by atoms with Gasteiger partial charge in [-0.05, 0) is 67.8 Å². The summed E-state index contributed by atoms with van der Waals surface area (Å²) < 4.78 is 31.0. The van der Waals surface area contributed by atoms with Crippen molar-refractivity contribution >= 4 is 21.4 Å². The predicted octanol–water partition coefficient (Wildman–Crippen LogP) is 3.79. The fraction of sp³-hybridized carbons (Fsp3) is 0.304. The van der Waals surface area contributed by atoms with Crippen molar-refractivity contribution in [1.29, 1.82) is 0 Å². The number of benzene rings is 2. The highest BCUT2D eigenvalue weighted by Crippen LogP contribution is 2.31. The van der Waals surface area contributed by atoms with Gasteiger partial charge in [-0.3, -0.25) is 9.48 Å². The third-order valence-electron chi connectivity index (χ3n) is 5.67. The van der Waals surface area contributed by atoms with Crippen LogP contribution < -0.4 is 10.1 Å². The van der Waals surface area contributed by atoms with E-state index in [1.54, 1.807) is 42.1 Å². The number of carbonyl (C=O) groups is 1. The first-order valence-corrected chi connectivity index (χ1v) is 11.9. The lowest BCUT2D eigenvalue weighted by molar-refractivity contribution is 0.102. The van der Waals surface area contributed by atoms with Gasteiger partial charge in [-0.1, -0.05) is 12.1 Å². The van der Waals surface area contributed by atoms with Crippen molar-refractivity contribution in [1.82, 2.24) is 9.78 Å². The summed E-state index contributed by atoms with van der Waals surface area (Å²) in [4.78, 5) is 12.9. The number of hydrogen-bond donors (Lipinski definition) is 1. The smallest absolute Gasteiger partial charge is 0.276 e. The number of methoxy groups -OCH3 is 1. The minimum Gasteiger partial charge on any atom is -0.497 e. The van der Waals surface area contributed by atoms with Gasteiger partial charge in [0.15, 0.2) is 15.5 Å². The molecular weight excluding hydrogens is 414 g/mol. The lowest BCUT2D eigenvalue weighted by Crippen LogP contribution is -2.16. The number of rotatable bonds is 5. The van der Waals surface area contributed by atoms with E-state index >= 15 is 0 Å². The maximum absolute atomic E-state index is 12.9. The summed E-state index contributed by atoms with van der Waals surface area (Å²) in [5, 5.41) is 7.37. The molecular formula is C23H25N3O4S. The predicted molar refractivity (Wildman–Crippen MR) is 120 cm³/mol. The van der Waals surface area contributed by atoms with Crippen LogP contribution >= 0.6 is 0 Å². The molecule has 0 spiro atoms. The number of aromatic nitrogens is 2. The summed E-state index contributed by atoms with van der Waals surface area (Å²) in [6.07, 6.45) is 0.487. The zero-order valence-electron chi connectivity index (χ0n) is 17.8. The monoisotopic (exact) mass is 439 g/mol. The van der Waals surface area contributed by atoms with Crippen LogP contribution in [0.3, 0.4) is 0 Å². The van der Waals surface area contributed by atoms with Crippen LogP contribution in [0.25, 0.3) is 11.3 Å². The number of amides is 1. The maximum atomic E-state index is 12.9. The number of carbonyl (C=O) groups excluding carboxylic acids is 1. The minimum atomic E-state index is -3.10. The first kappa shape index (κ1) is 21.1. The number of nitrogens with one attached hydrogen (secondary N) is 1. The standard InChI is InChI=1S/C23H25N3O4S/c1-15-4-5-17(12-16(15)2)22-13-21(25-26(22)19-10-11-31(28,29)14-19)23(27)24-18-6-8-20(30-3)9-7-18/h4-9,12-13,19H,10-11,14H2,1-3H3,(H,24,27)/t19-/m0/s1. The van der Waals surface area contributed by atoms with E-state index in [1.165, 1.54) is 0 Å². The second kappa shape index (κ2) is 8.19. The number of anilines is 1. The summed E-state index contributed by atoms with van der Waals surface area (Å²) in [7, 11) is -1.52. The molecule has 3 aromatic rings. The Kier molecular flexibility index (Phi) is 5.58. The van der Waals surface area contributed by atoms with Crippen LogP contribution in [-0.2, 0) is 9.84 Å². The van der Waals surface area contributed by atoms with Crippen molar-refractivity contribution in [3.63, 3.8) is 0 Å². The first-order valence-electron chi connectivity index (χ1n) is 10.1. The average molecular weight is 440 g/mol. The highest BCUT2D eigenvalue weighted by atomic mass is 32.2. The highest BCUT2D eigenvalue weighted by molar-refractivity contribution is 7.91. The molecule has 4 rings (SSSR count). The van der Waals surface area contributed by atoms with Gasteiger partial charge in [-0.25, -0.2) is 8.42 Å². The second-order valence-electron chi connectivity index (χ2n) is 7.90. The van der Waals surface area contributed by atoms with Gasteiger partial charge in [0, 0.05) is 11.3 Å². The zero-order valence-corrected chi connectivity index (χ0v) is 18.6. The Morgan fingerprint density at radius 3 is 2.45 bits per heavy atom. The van der Waals surface area contributed by atoms with Crippen molar-refractivity contribution in [2.24, 2.45) is 0 Å². The summed E-state index contributed by atoms with van der Waals surface area (Å²) >= 11 is 0. The van der Waals surface area contributed by atoms with Gasteiger partial charge in [-0.2, -0.15) is 5.10 Å². The Bertz CT molecular complexity index is 1230. The molecule has 1 amide bonds. The highest BCUT2D eigenvalue weighted by Gasteiger charge is 2.32. The van der Waals surface area contributed by atoms with Gasteiger partial charge >= 0.3 is 0 Å². The van der Waals surface area contributed by atoms with Crippen LogP contribution in [0.5, 0.6) is 5.75 Å². The van der Waals surface area contributed by atoms with Crippen molar-refractivity contribution in [3.8, 4) is 17.0 Å². The molecule has 1 atom stereocenters. The van der Waals surface area contributed by atoms with Crippen molar-refractivity contribution in [2.75, 3.05) is 23.9 Å². The molecule has 0 bridgehead atoms. The Hall–Kier alpha value is -3.13. The van der Waals surface area contributed by atoms with Crippen LogP contribution in [0.4, 0.5) is 5.69 Å². The Morgan fingerprint density at radius 2 is 1.84 bits per heavy atom.